The maximum atomic E-state index is 11.0. The number of aliphatic hydroxyl groups excluding tert-OH is 1. The highest BCUT2D eigenvalue weighted by atomic mass is 16.5. The van der Waals surface area contributed by atoms with E-state index >= 15 is 0 Å². The standard InChI is InChI=1S/C20H23N3O3/c1-13-8-19-20(9-14(13)2)23(12-21-19)10-17(25)11-26-18-6-4-16(5-7-18)22-15(3)24/h4-9,12,17,25H,10-11H2,1-3H3,(H,22,24)/t17-/m0/s1. The van der Waals surface area contributed by atoms with Crippen molar-refractivity contribution in [2.45, 2.75) is 33.4 Å². The van der Waals surface area contributed by atoms with Gasteiger partial charge in [-0.25, -0.2) is 4.98 Å². The smallest absolute Gasteiger partial charge is 0.221 e. The highest BCUT2D eigenvalue weighted by Crippen LogP contribution is 2.19. The fraction of sp³-hybridized carbons (Fsp3) is 0.300. The quantitative estimate of drug-likeness (QED) is 0.714. The third-order valence-electron chi connectivity index (χ3n) is 4.26. The number of nitrogens with one attached hydrogen (secondary N) is 1. The number of fused-ring (bicyclic) bond motifs is 1. The molecule has 0 fully saturated rings. The van der Waals surface area contributed by atoms with E-state index in [2.05, 4.69) is 36.3 Å². The van der Waals surface area contributed by atoms with Gasteiger partial charge in [0.25, 0.3) is 0 Å². The van der Waals surface area contributed by atoms with Crippen LogP contribution in [0.25, 0.3) is 11.0 Å². The van der Waals surface area contributed by atoms with E-state index < -0.39 is 6.10 Å². The summed E-state index contributed by atoms with van der Waals surface area (Å²) in [7, 11) is 0. The van der Waals surface area contributed by atoms with Crippen molar-refractivity contribution in [1.29, 1.82) is 0 Å². The fourth-order valence-electron chi connectivity index (χ4n) is 2.77. The molecule has 6 nitrogen and oxygen atoms in total. The van der Waals surface area contributed by atoms with Gasteiger partial charge in [-0.3, -0.25) is 4.79 Å². The first-order chi connectivity index (χ1) is 12.4. The summed E-state index contributed by atoms with van der Waals surface area (Å²) in [5.41, 5.74) is 5.04. The van der Waals surface area contributed by atoms with E-state index in [9.17, 15) is 9.90 Å². The Balaban J connectivity index is 1.60. The number of rotatable bonds is 6. The summed E-state index contributed by atoms with van der Waals surface area (Å²) in [5.74, 6) is 0.521. The number of aliphatic hydroxyl groups is 1. The van der Waals surface area contributed by atoms with Crippen molar-refractivity contribution in [2.75, 3.05) is 11.9 Å². The zero-order chi connectivity index (χ0) is 18.7. The molecule has 0 unspecified atom stereocenters. The van der Waals surface area contributed by atoms with Crippen molar-refractivity contribution < 1.29 is 14.6 Å². The van der Waals surface area contributed by atoms with Crippen LogP contribution >= 0.6 is 0 Å². The number of amides is 1. The molecule has 2 N–H and O–H groups in total. The molecule has 1 heterocycles. The van der Waals surface area contributed by atoms with Gasteiger partial charge in [0, 0.05) is 12.6 Å². The van der Waals surface area contributed by atoms with Gasteiger partial charge in [-0.1, -0.05) is 0 Å². The molecule has 0 bridgehead atoms. The predicted molar refractivity (Wildman–Crippen MR) is 101 cm³/mol. The van der Waals surface area contributed by atoms with E-state index in [1.807, 2.05) is 4.57 Å². The maximum Gasteiger partial charge on any atom is 0.221 e. The molecule has 0 aliphatic heterocycles. The molecule has 6 heteroatoms. The van der Waals surface area contributed by atoms with Gasteiger partial charge in [-0.15, -0.1) is 0 Å². The van der Waals surface area contributed by atoms with Crippen molar-refractivity contribution >= 4 is 22.6 Å². The molecular formula is C20H23N3O3. The molecule has 136 valence electrons. The molecule has 3 rings (SSSR count). The zero-order valence-corrected chi connectivity index (χ0v) is 15.2. The molecule has 0 aliphatic carbocycles. The number of benzene rings is 2. The van der Waals surface area contributed by atoms with Crippen LogP contribution in [0.4, 0.5) is 5.69 Å². The van der Waals surface area contributed by atoms with Crippen LogP contribution < -0.4 is 10.1 Å². The molecule has 1 atom stereocenters. The molecule has 0 radical (unpaired) electrons. The first kappa shape index (κ1) is 17.9. The van der Waals surface area contributed by atoms with Gasteiger partial charge in [-0.2, -0.15) is 0 Å². The number of hydrogen-bond acceptors (Lipinski definition) is 4. The summed E-state index contributed by atoms with van der Waals surface area (Å²) >= 11 is 0. The average Bonchev–Trinajstić information content (AvgIpc) is 2.96. The maximum absolute atomic E-state index is 11.0. The first-order valence-corrected chi connectivity index (χ1v) is 8.53. The molecule has 0 aliphatic rings. The van der Waals surface area contributed by atoms with Crippen molar-refractivity contribution in [1.82, 2.24) is 9.55 Å². The highest BCUT2D eigenvalue weighted by Gasteiger charge is 2.11. The third kappa shape index (κ3) is 4.21. The predicted octanol–water partition coefficient (Wildman–Crippen LogP) is 3.05. The zero-order valence-electron chi connectivity index (χ0n) is 15.2. The number of carbonyl (C=O) groups is 1. The number of nitrogens with zero attached hydrogens (tertiary/aromatic N) is 2. The number of imidazole rings is 1. The van der Waals surface area contributed by atoms with Crippen LogP contribution in [0.3, 0.4) is 0 Å². The first-order valence-electron chi connectivity index (χ1n) is 8.53. The van der Waals surface area contributed by atoms with Gasteiger partial charge in [0.1, 0.15) is 18.5 Å². The molecule has 3 aromatic rings. The van der Waals surface area contributed by atoms with Crippen molar-refractivity contribution in [2.24, 2.45) is 0 Å². The number of aromatic nitrogens is 2. The van der Waals surface area contributed by atoms with E-state index in [1.54, 1.807) is 30.6 Å². The summed E-state index contributed by atoms with van der Waals surface area (Å²) in [5, 5.41) is 13.0. The largest absolute Gasteiger partial charge is 0.491 e. The molecule has 1 amide bonds. The van der Waals surface area contributed by atoms with Gasteiger partial charge in [0.2, 0.25) is 5.91 Å². The normalized spacial score (nSPS) is 12.2. The lowest BCUT2D eigenvalue weighted by atomic mass is 10.1. The molecule has 1 aromatic heterocycles. The van der Waals surface area contributed by atoms with Crippen LogP contribution in [0.5, 0.6) is 5.75 Å². The van der Waals surface area contributed by atoms with E-state index in [0.29, 0.717) is 18.0 Å². The molecule has 2 aromatic carbocycles. The average molecular weight is 353 g/mol. The van der Waals surface area contributed by atoms with Crippen LogP contribution in [0.2, 0.25) is 0 Å². The highest BCUT2D eigenvalue weighted by molar-refractivity contribution is 5.88. The van der Waals surface area contributed by atoms with Crippen LogP contribution in [0.15, 0.2) is 42.7 Å². The van der Waals surface area contributed by atoms with Crippen molar-refractivity contribution in [3.05, 3.63) is 53.9 Å². The molecule has 0 saturated carbocycles. The lowest BCUT2D eigenvalue weighted by Crippen LogP contribution is -2.23. The summed E-state index contributed by atoms with van der Waals surface area (Å²) in [6.07, 6.45) is 1.08. The Hall–Kier alpha value is -2.86. The van der Waals surface area contributed by atoms with Crippen LogP contribution in [-0.2, 0) is 11.3 Å². The van der Waals surface area contributed by atoms with Gasteiger partial charge in [0.15, 0.2) is 0 Å². The second-order valence-corrected chi connectivity index (χ2v) is 6.49. The molecule has 0 saturated heterocycles. The van der Waals surface area contributed by atoms with Gasteiger partial charge >= 0.3 is 0 Å². The Morgan fingerprint density at radius 3 is 2.62 bits per heavy atom. The number of ether oxygens (including phenoxy) is 1. The van der Waals surface area contributed by atoms with E-state index in [0.717, 1.165) is 11.0 Å². The summed E-state index contributed by atoms with van der Waals surface area (Å²) in [4.78, 5) is 15.4. The minimum absolute atomic E-state index is 0.118. The van der Waals surface area contributed by atoms with E-state index in [4.69, 9.17) is 4.74 Å². The summed E-state index contributed by atoms with van der Waals surface area (Å²) in [6.45, 7) is 6.17. The van der Waals surface area contributed by atoms with Gasteiger partial charge in [0.05, 0.1) is 23.9 Å². The van der Waals surface area contributed by atoms with Crippen molar-refractivity contribution in [3.63, 3.8) is 0 Å². The second kappa shape index (κ2) is 7.58. The monoisotopic (exact) mass is 353 g/mol. The summed E-state index contributed by atoms with van der Waals surface area (Å²) in [6, 6.07) is 11.2. The van der Waals surface area contributed by atoms with Crippen molar-refractivity contribution in [3.8, 4) is 5.75 Å². The number of aryl methyl sites for hydroxylation is 2. The Bertz CT molecular complexity index is 916. The van der Waals surface area contributed by atoms with E-state index in [-0.39, 0.29) is 12.5 Å². The lowest BCUT2D eigenvalue weighted by Gasteiger charge is -2.14. The van der Waals surface area contributed by atoms with Crippen LogP contribution in [0, 0.1) is 13.8 Å². The van der Waals surface area contributed by atoms with E-state index in [1.165, 1.54) is 18.1 Å². The van der Waals surface area contributed by atoms with Gasteiger partial charge < -0.3 is 19.7 Å². The van der Waals surface area contributed by atoms with Gasteiger partial charge in [-0.05, 0) is 61.4 Å². The molecule has 26 heavy (non-hydrogen) atoms. The lowest BCUT2D eigenvalue weighted by molar-refractivity contribution is -0.114. The summed E-state index contributed by atoms with van der Waals surface area (Å²) < 4.78 is 7.58. The Morgan fingerprint density at radius 1 is 1.23 bits per heavy atom. The van der Waals surface area contributed by atoms with Crippen LogP contribution in [-0.4, -0.2) is 33.3 Å². The minimum Gasteiger partial charge on any atom is -0.491 e. The fourth-order valence-corrected chi connectivity index (χ4v) is 2.77. The Kier molecular flexibility index (Phi) is 5.23. The topological polar surface area (TPSA) is 76.4 Å². The number of carbonyl (C=O) groups excluding carboxylic acids is 1. The number of hydrogen-bond donors (Lipinski definition) is 2. The van der Waals surface area contributed by atoms with Crippen LogP contribution in [0.1, 0.15) is 18.1 Å². The number of anilines is 1. The molecule has 0 spiro atoms. The Morgan fingerprint density at radius 2 is 1.92 bits per heavy atom. The third-order valence-corrected chi connectivity index (χ3v) is 4.26. The SMILES string of the molecule is CC(=O)Nc1ccc(OC[C@@H](O)Cn2cnc3cc(C)c(C)cc32)cc1. The molecular weight excluding hydrogens is 330 g/mol. The Labute approximate surface area is 152 Å². The second-order valence-electron chi connectivity index (χ2n) is 6.49. The minimum atomic E-state index is -0.663.